The highest BCUT2D eigenvalue weighted by atomic mass is 35.5. The van der Waals surface area contributed by atoms with Crippen LogP contribution in [0.1, 0.15) is 16.5 Å². The number of nitrogens with one attached hydrogen (secondary N) is 1. The topological polar surface area (TPSA) is 21.3 Å². The van der Waals surface area contributed by atoms with Gasteiger partial charge in [-0.2, -0.15) is 0 Å². The average Bonchev–Trinajstić information content (AvgIpc) is 2.78. The normalized spacial score (nSPS) is 12.4. The van der Waals surface area contributed by atoms with Crippen LogP contribution in [-0.2, 0) is 0 Å². The number of benzene rings is 1. The van der Waals surface area contributed by atoms with Crippen molar-refractivity contribution in [2.24, 2.45) is 0 Å². The van der Waals surface area contributed by atoms with E-state index in [1.807, 2.05) is 36.7 Å². The maximum absolute atomic E-state index is 6.19. The summed E-state index contributed by atoms with van der Waals surface area (Å²) in [4.78, 5) is 1.11. The Morgan fingerprint density at radius 3 is 2.65 bits per heavy atom. The second-order valence-corrected chi connectivity index (χ2v) is 4.95. The van der Waals surface area contributed by atoms with Crippen LogP contribution in [0.5, 0.6) is 5.75 Å². The first-order valence-corrected chi connectivity index (χ1v) is 6.56. The molecule has 0 aliphatic rings. The zero-order valence-electron chi connectivity index (χ0n) is 9.74. The minimum absolute atomic E-state index is 0.0682. The predicted molar refractivity (Wildman–Crippen MR) is 73.2 cm³/mol. The lowest BCUT2D eigenvalue weighted by Gasteiger charge is -2.18. The van der Waals surface area contributed by atoms with Crippen LogP contribution in [0.15, 0.2) is 35.7 Å². The fourth-order valence-electron chi connectivity index (χ4n) is 1.84. The molecule has 2 aromatic rings. The fourth-order valence-corrected chi connectivity index (χ4v) is 3.14. The second-order valence-electron chi connectivity index (χ2n) is 3.60. The molecule has 1 N–H and O–H groups in total. The van der Waals surface area contributed by atoms with Crippen LogP contribution < -0.4 is 10.1 Å². The Morgan fingerprint density at radius 2 is 2.06 bits per heavy atom. The molecule has 1 heterocycles. The maximum Gasteiger partial charge on any atom is 0.124 e. The molecule has 0 saturated heterocycles. The third-order valence-corrected chi connectivity index (χ3v) is 4.07. The van der Waals surface area contributed by atoms with E-state index >= 15 is 0 Å². The standard InChI is InChI=1S/C13H14ClNOS/c1-15-12(13-10(14)7-8-17-13)9-5-3-4-6-11(9)16-2/h3-8,12,15H,1-2H3. The Hall–Kier alpha value is -1.03. The van der Waals surface area contributed by atoms with E-state index in [2.05, 4.69) is 11.4 Å². The molecule has 2 nitrogen and oxygen atoms in total. The molecule has 0 fully saturated rings. The van der Waals surface area contributed by atoms with Crippen LogP contribution in [0.25, 0.3) is 0 Å². The fraction of sp³-hybridized carbons (Fsp3) is 0.231. The number of thiophene rings is 1. The smallest absolute Gasteiger partial charge is 0.124 e. The van der Waals surface area contributed by atoms with Crippen molar-refractivity contribution in [3.8, 4) is 5.75 Å². The number of ether oxygens (including phenoxy) is 1. The van der Waals surface area contributed by atoms with Gasteiger partial charge >= 0.3 is 0 Å². The maximum atomic E-state index is 6.19. The summed E-state index contributed by atoms with van der Waals surface area (Å²) >= 11 is 7.83. The molecule has 0 saturated carbocycles. The van der Waals surface area contributed by atoms with E-state index in [4.69, 9.17) is 16.3 Å². The van der Waals surface area contributed by atoms with Gasteiger partial charge in [-0.3, -0.25) is 0 Å². The van der Waals surface area contributed by atoms with Gasteiger partial charge in [0.15, 0.2) is 0 Å². The summed E-state index contributed by atoms with van der Waals surface area (Å²) in [5.74, 6) is 0.872. The van der Waals surface area contributed by atoms with Gasteiger partial charge < -0.3 is 10.1 Å². The summed E-state index contributed by atoms with van der Waals surface area (Å²) in [5, 5.41) is 6.07. The van der Waals surface area contributed by atoms with Gasteiger partial charge in [-0.05, 0) is 24.6 Å². The Morgan fingerprint density at radius 1 is 1.29 bits per heavy atom. The van der Waals surface area contributed by atoms with Crippen molar-refractivity contribution >= 4 is 22.9 Å². The first-order valence-electron chi connectivity index (χ1n) is 5.31. The first kappa shape index (κ1) is 12.4. The Labute approximate surface area is 110 Å². The SMILES string of the molecule is CNC(c1ccccc1OC)c1sccc1Cl. The van der Waals surface area contributed by atoms with E-state index in [0.717, 1.165) is 21.2 Å². The molecular formula is C13H14ClNOS. The van der Waals surface area contributed by atoms with Crippen molar-refractivity contribution in [2.75, 3.05) is 14.2 Å². The van der Waals surface area contributed by atoms with Crippen LogP contribution in [0.2, 0.25) is 5.02 Å². The molecule has 1 atom stereocenters. The van der Waals surface area contributed by atoms with E-state index in [1.165, 1.54) is 0 Å². The van der Waals surface area contributed by atoms with Gasteiger partial charge in [0, 0.05) is 10.4 Å². The molecule has 0 spiro atoms. The van der Waals surface area contributed by atoms with Gasteiger partial charge in [-0.25, -0.2) is 0 Å². The minimum Gasteiger partial charge on any atom is -0.496 e. The van der Waals surface area contributed by atoms with Crippen molar-refractivity contribution in [1.29, 1.82) is 0 Å². The summed E-state index contributed by atoms with van der Waals surface area (Å²) in [5.41, 5.74) is 1.10. The lowest BCUT2D eigenvalue weighted by atomic mass is 10.0. The molecular weight excluding hydrogens is 254 g/mol. The van der Waals surface area contributed by atoms with Gasteiger partial charge in [0.2, 0.25) is 0 Å². The molecule has 0 aliphatic heterocycles. The number of hydrogen-bond acceptors (Lipinski definition) is 3. The molecule has 90 valence electrons. The van der Waals surface area contributed by atoms with E-state index in [0.29, 0.717) is 0 Å². The summed E-state index contributed by atoms with van der Waals surface area (Å²) < 4.78 is 5.39. The monoisotopic (exact) mass is 267 g/mol. The molecule has 0 radical (unpaired) electrons. The summed E-state index contributed by atoms with van der Waals surface area (Å²) in [7, 11) is 3.61. The molecule has 0 bridgehead atoms. The van der Waals surface area contributed by atoms with Crippen molar-refractivity contribution in [2.45, 2.75) is 6.04 Å². The Balaban J connectivity index is 2.46. The lowest BCUT2D eigenvalue weighted by Crippen LogP contribution is -2.17. The van der Waals surface area contributed by atoms with Crippen LogP contribution in [0.3, 0.4) is 0 Å². The Bertz CT molecular complexity index is 498. The van der Waals surface area contributed by atoms with Gasteiger partial charge in [-0.15, -0.1) is 11.3 Å². The number of halogens is 1. The highest BCUT2D eigenvalue weighted by Crippen LogP contribution is 2.36. The lowest BCUT2D eigenvalue weighted by molar-refractivity contribution is 0.405. The van der Waals surface area contributed by atoms with Gasteiger partial charge in [0.25, 0.3) is 0 Å². The third kappa shape index (κ3) is 2.46. The van der Waals surface area contributed by atoms with E-state index in [1.54, 1.807) is 18.4 Å². The zero-order chi connectivity index (χ0) is 12.3. The van der Waals surface area contributed by atoms with Crippen LogP contribution in [0.4, 0.5) is 0 Å². The van der Waals surface area contributed by atoms with Crippen molar-refractivity contribution in [3.63, 3.8) is 0 Å². The Kier molecular flexibility index (Phi) is 4.05. The number of methoxy groups -OCH3 is 1. The molecule has 0 amide bonds. The quantitative estimate of drug-likeness (QED) is 0.912. The van der Waals surface area contributed by atoms with Gasteiger partial charge in [0.1, 0.15) is 5.75 Å². The molecule has 17 heavy (non-hydrogen) atoms. The molecule has 2 rings (SSSR count). The molecule has 1 aromatic heterocycles. The zero-order valence-corrected chi connectivity index (χ0v) is 11.3. The summed E-state index contributed by atoms with van der Waals surface area (Å²) in [6.07, 6.45) is 0. The largest absolute Gasteiger partial charge is 0.496 e. The van der Waals surface area contributed by atoms with Crippen molar-refractivity contribution in [1.82, 2.24) is 5.32 Å². The summed E-state index contributed by atoms with van der Waals surface area (Å²) in [6.45, 7) is 0. The summed E-state index contributed by atoms with van der Waals surface area (Å²) in [6, 6.07) is 9.96. The molecule has 1 aromatic carbocycles. The van der Waals surface area contributed by atoms with Gasteiger partial charge in [0.05, 0.1) is 18.2 Å². The predicted octanol–water partition coefficient (Wildman–Crippen LogP) is 3.72. The minimum atomic E-state index is 0.0682. The van der Waals surface area contributed by atoms with E-state index < -0.39 is 0 Å². The number of para-hydroxylation sites is 1. The number of rotatable bonds is 4. The molecule has 0 aliphatic carbocycles. The molecule has 1 unspecified atom stereocenters. The number of hydrogen-bond donors (Lipinski definition) is 1. The van der Waals surface area contributed by atoms with Crippen LogP contribution in [0, 0.1) is 0 Å². The third-order valence-electron chi connectivity index (χ3n) is 2.65. The first-order chi connectivity index (χ1) is 8.27. The average molecular weight is 268 g/mol. The van der Waals surface area contributed by atoms with Crippen LogP contribution >= 0.6 is 22.9 Å². The van der Waals surface area contributed by atoms with E-state index in [-0.39, 0.29) is 6.04 Å². The highest BCUT2D eigenvalue weighted by molar-refractivity contribution is 7.10. The highest BCUT2D eigenvalue weighted by Gasteiger charge is 2.19. The van der Waals surface area contributed by atoms with E-state index in [9.17, 15) is 0 Å². The van der Waals surface area contributed by atoms with Crippen LogP contribution in [-0.4, -0.2) is 14.2 Å². The second kappa shape index (κ2) is 5.54. The molecule has 4 heteroatoms. The van der Waals surface area contributed by atoms with Gasteiger partial charge in [-0.1, -0.05) is 29.8 Å². The van der Waals surface area contributed by atoms with Crippen molar-refractivity contribution in [3.05, 3.63) is 51.2 Å². The van der Waals surface area contributed by atoms with Crippen molar-refractivity contribution < 1.29 is 4.74 Å².